The molecule has 1 rings (SSSR count). The number of nitrogens with one attached hydrogen (secondary N) is 2. The minimum absolute atomic E-state index is 0.0457. The number of carbonyl (C=O) groups is 4. The second-order valence-electron chi connectivity index (χ2n) is 7.55. The van der Waals surface area contributed by atoms with Crippen molar-refractivity contribution in [3.8, 4) is 0 Å². The predicted molar refractivity (Wildman–Crippen MR) is 114 cm³/mol. The van der Waals surface area contributed by atoms with Gasteiger partial charge in [0.15, 0.2) is 0 Å². The zero-order valence-electron chi connectivity index (χ0n) is 18.0. The van der Waals surface area contributed by atoms with E-state index in [1.54, 1.807) is 0 Å². The molecule has 1 aromatic rings. The summed E-state index contributed by atoms with van der Waals surface area (Å²) in [5.74, 6) is -1.05. The summed E-state index contributed by atoms with van der Waals surface area (Å²) in [5, 5.41) is 4.82. The summed E-state index contributed by atoms with van der Waals surface area (Å²) in [6.07, 6.45) is 2.03. The number of ketones is 1. The molecule has 0 radical (unpaired) electrons. The van der Waals surface area contributed by atoms with Crippen molar-refractivity contribution >= 4 is 29.9 Å². The number of amides is 3. The van der Waals surface area contributed by atoms with Crippen molar-refractivity contribution in [1.29, 1.82) is 0 Å². The van der Waals surface area contributed by atoms with Crippen LogP contribution in [0.5, 0.6) is 0 Å². The summed E-state index contributed by atoms with van der Waals surface area (Å²) in [5.41, 5.74) is 9.10. The standard InChI is InChI=1S/C22H30N4O5/c1-16(2)14-19(25-22(30)31-15-17-8-4-3-5-9-17)21(29)26-20(28)11-7-6-10-18(27)12-13-24-23/h3-5,8-9,13,16,19H,6-7,10-12,14-15H2,1-2H3,(H,25,30)(H,26,28,29)/t19-/m0/s1. The van der Waals surface area contributed by atoms with E-state index in [0.717, 1.165) is 11.8 Å². The van der Waals surface area contributed by atoms with E-state index in [1.807, 2.05) is 44.2 Å². The summed E-state index contributed by atoms with van der Waals surface area (Å²) < 4.78 is 5.15. The average Bonchev–Trinajstić information content (AvgIpc) is 2.73. The smallest absolute Gasteiger partial charge is 0.408 e. The number of carbonyl (C=O) groups excluding carboxylic acids is 4. The Balaban J connectivity index is 2.44. The van der Waals surface area contributed by atoms with E-state index in [2.05, 4.69) is 15.4 Å². The first kappa shape index (κ1) is 25.7. The summed E-state index contributed by atoms with van der Waals surface area (Å²) in [6.45, 7) is 3.87. The quantitative estimate of drug-likeness (QED) is 0.214. The molecule has 1 atom stereocenters. The molecule has 0 heterocycles. The van der Waals surface area contributed by atoms with Crippen LogP contribution in [0.15, 0.2) is 30.3 Å². The number of benzene rings is 1. The molecule has 1 aromatic carbocycles. The second-order valence-corrected chi connectivity index (χ2v) is 7.55. The van der Waals surface area contributed by atoms with Crippen molar-refractivity contribution in [1.82, 2.24) is 10.6 Å². The molecule has 0 aliphatic carbocycles. The van der Waals surface area contributed by atoms with Gasteiger partial charge >= 0.3 is 6.09 Å². The third-order valence-corrected chi connectivity index (χ3v) is 4.30. The van der Waals surface area contributed by atoms with Crippen molar-refractivity contribution in [2.24, 2.45) is 5.92 Å². The number of hydrogen-bond donors (Lipinski definition) is 2. The maximum Gasteiger partial charge on any atom is 0.408 e. The lowest BCUT2D eigenvalue weighted by Crippen LogP contribution is -2.49. The van der Waals surface area contributed by atoms with Crippen LogP contribution in [0.4, 0.5) is 4.79 Å². The molecule has 0 saturated heterocycles. The van der Waals surface area contributed by atoms with Crippen LogP contribution in [0.1, 0.15) is 57.9 Å². The van der Waals surface area contributed by atoms with Crippen LogP contribution in [0.25, 0.3) is 5.53 Å². The van der Waals surface area contributed by atoms with Crippen LogP contribution >= 0.6 is 0 Å². The minimum atomic E-state index is -0.897. The largest absolute Gasteiger partial charge is 0.445 e. The molecule has 0 bridgehead atoms. The number of Topliss-reactive ketones (excluding diaryl/α,β-unsaturated/α-hetero) is 1. The van der Waals surface area contributed by atoms with E-state index in [9.17, 15) is 19.2 Å². The van der Waals surface area contributed by atoms with Crippen LogP contribution < -0.4 is 10.6 Å². The number of ether oxygens (including phenoxy) is 1. The lowest BCUT2D eigenvalue weighted by Gasteiger charge is -2.19. The number of unbranched alkanes of at least 4 members (excludes halogenated alkanes) is 1. The SMILES string of the molecule is CC(C)C[C@H](NC(=O)OCc1ccccc1)C(=O)NC(=O)CCCCC(=O)CC=[N+]=[N-]. The Bertz CT molecular complexity index is 788. The Kier molecular flexibility index (Phi) is 12.1. The maximum absolute atomic E-state index is 12.5. The molecule has 0 saturated carbocycles. The molecule has 0 aromatic heterocycles. The van der Waals surface area contributed by atoms with Crippen molar-refractivity contribution in [3.63, 3.8) is 0 Å². The van der Waals surface area contributed by atoms with Gasteiger partial charge in [-0.3, -0.25) is 19.7 Å². The molecule has 0 spiro atoms. The molecule has 0 fully saturated rings. The van der Waals surface area contributed by atoms with E-state index in [0.29, 0.717) is 19.3 Å². The fourth-order valence-corrected chi connectivity index (χ4v) is 2.75. The van der Waals surface area contributed by atoms with Crippen molar-refractivity contribution in [2.75, 3.05) is 0 Å². The first-order valence-electron chi connectivity index (χ1n) is 10.3. The fraction of sp³-hybridized carbons (Fsp3) is 0.500. The lowest BCUT2D eigenvalue weighted by molar-refractivity contribution is -0.132. The zero-order valence-corrected chi connectivity index (χ0v) is 18.0. The van der Waals surface area contributed by atoms with Crippen molar-refractivity contribution < 1.29 is 28.7 Å². The van der Waals surface area contributed by atoms with Crippen LogP contribution in [0, 0.1) is 5.92 Å². The molecular weight excluding hydrogens is 400 g/mol. The van der Waals surface area contributed by atoms with Gasteiger partial charge in [0.1, 0.15) is 24.9 Å². The Morgan fingerprint density at radius 1 is 1.10 bits per heavy atom. The number of hydrogen-bond acceptors (Lipinski definition) is 5. The lowest BCUT2D eigenvalue weighted by atomic mass is 10.0. The molecule has 2 N–H and O–H groups in total. The van der Waals surface area contributed by atoms with Crippen LogP contribution in [0.2, 0.25) is 0 Å². The van der Waals surface area contributed by atoms with E-state index < -0.39 is 23.9 Å². The average molecular weight is 431 g/mol. The summed E-state index contributed by atoms with van der Waals surface area (Å²) >= 11 is 0. The Morgan fingerprint density at radius 2 is 1.77 bits per heavy atom. The molecule has 3 amide bonds. The Morgan fingerprint density at radius 3 is 2.42 bits per heavy atom. The highest BCUT2D eigenvalue weighted by Gasteiger charge is 2.24. The number of imide groups is 1. The van der Waals surface area contributed by atoms with E-state index >= 15 is 0 Å². The van der Waals surface area contributed by atoms with Gasteiger partial charge in [0.05, 0.1) is 0 Å². The summed E-state index contributed by atoms with van der Waals surface area (Å²) in [4.78, 5) is 50.8. The molecule has 0 aliphatic rings. The van der Waals surface area contributed by atoms with Gasteiger partial charge in [-0.15, -0.1) is 0 Å². The molecule has 0 unspecified atom stereocenters. The number of alkyl carbamates (subject to hydrolysis) is 1. The van der Waals surface area contributed by atoms with Gasteiger partial charge in [-0.05, 0) is 30.7 Å². The highest BCUT2D eigenvalue weighted by molar-refractivity contribution is 5.98. The van der Waals surface area contributed by atoms with Gasteiger partial charge < -0.3 is 15.6 Å². The minimum Gasteiger partial charge on any atom is -0.445 e. The summed E-state index contributed by atoms with van der Waals surface area (Å²) in [7, 11) is 0. The summed E-state index contributed by atoms with van der Waals surface area (Å²) in [6, 6.07) is 8.25. The van der Waals surface area contributed by atoms with Crippen LogP contribution in [0.3, 0.4) is 0 Å². The first-order valence-corrected chi connectivity index (χ1v) is 10.3. The van der Waals surface area contributed by atoms with Crippen LogP contribution in [-0.2, 0) is 25.7 Å². The van der Waals surface area contributed by atoms with Crippen LogP contribution in [-0.4, -0.2) is 40.7 Å². The van der Waals surface area contributed by atoms with Crippen molar-refractivity contribution in [2.45, 2.75) is 65.0 Å². The van der Waals surface area contributed by atoms with E-state index in [4.69, 9.17) is 10.3 Å². The molecule has 31 heavy (non-hydrogen) atoms. The highest BCUT2D eigenvalue weighted by atomic mass is 16.5. The Labute approximate surface area is 182 Å². The third kappa shape index (κ3) is 12.1. The van der Waals surface area contributed by atoms with Gasteiger partial charge in [-0.25, -0.2) is 4.79 Å². The maximum atomic E-state index is 12.5. The van der Waals surface area contributed by atoms with Gasteiger partial charge in [0, 0.05) is 12.8 Å². The molecule has 0 aliphatic heterocycles. The van der Waals surface area contributed by atoms with Gasteiger partial charge in [0.25, 0.3) is 6.21 Å². The predicted octanol–water partition coefficient (Wildman–Crippen LogP) is 2.79. The molecule has 9 heteroatoms. The highest BCUT2D eigenvalue weighted by Crippen LogP contribution is 2.07. The monoisotopic (exact) mass is 430 g/mol. The molecule has 168 valence electrons. The van der Waals surface area contributed by atoms with Gasteiger partial charge in [-0.2, -0.15) is 4.79 Å². The zero-order chi connectivity index (χ0) is 23.1. The molecular formula is C22H30N4O5. The fourth-order valence-electron chi connectivity index (χ4n) is 2.75. The van der Waals surface area contributed by atoms with E-state index in [-0.39, 0.29) is 37.6 Å². The Hall–Kier alpha value is -3.32. The topological polar surface area (TPSA) is 138 Å². The number of rotatable bonds is 13. The number of nitrogens with zero attached hydrogens (tertiary/aromatic N) is 2. The van der Waals surface area contributed by atoms with Crippen molar-refractivity contribution in [3.05, 3.63) is 41.4 Å². The van der Waals surface area contributed by atoms with E-state index in [1.165, 1.54) is 0 Å². The normalized spacial score (nSPS) is 11.2. The second kappa shape index (κ2) is 14.6. The van der Waals surface area contributed by atoms with Gasteiger partial charge in [-0.1, -0.05) is 44.2 Å². The first-order chi connectivity index (χ1) is 14.8. The van der Waals surface area contributed by atoms with Gasteiger partial charge in [0.2, 0.25) is 11.8 Å². The third-order valence-electron chi connectivity index (χ3n) is 4.30. The molecule has 9 nitrogen and oxygen atoms in total.